The first-order valence-corrected chi connectivity index (χ1v) is 30.0. The second-order valence-corrected chi connectivity index (χ2v) is 22.7. The molecule has 0 saturated carbocycles. The van der Waals surface area contributed by atoms with Crippen molar-refractivity contribution in [1.29, 1.82) is 0 Å². The number of rotatable bonds is 40. The Hall–Kier alpha value is -8.05. The number of amides is 10. The monoisotopic (exact) mass is 1230 g/mol. The minimum absolute atomic E-state index is 0.0344. The van der Waals surface area contributed by atoms with E-state index in [1.54, 1.807) is 96.3 Å². The molecule has 0 unspecified atom stereocenters. The fraction of sp³-hybridized carbons (Fsp3) is 0.583. The molecule has 0 aliphatic carbocycles. The average Bonchev–Trinajstić information content (AvgIpc) is 3.40. The van der Waals surface area contributed by atoms with Crippen molar-refractivity contribution in [3.8, 4) is 0 Å². The van der Waals surface area contributed by atoms with Crippen molar-refractivity contribution >= 4 is 75.9 Å². The van der Waals surface area contributed by atoms with E-state index in [1.807, 2.05) is 6.07 Å². The highest BCUT2D eigenvalue weighted by molar-refractivity contribution is 5.99. The summed E-state index contributed by atoms with van der Waals surface area (Å²) in [5.74, 6) is -10.6. The summed E-state index contributed by atoms with van der Waals surface area (Å²) in [7, 11) is 0. The van der Waals surface area contributed by atoms with E-state index in [4.69, 9.17) is 17.2 Å². The van der Waals surface area contributed by atoms with Crippen molar-refractivity contribution < 1.29 is 68.1 Å². The van der Waals surface area contributed by atoms with Gasteiger partial charge in [0.15, 0.2) is 0 Å². The molecule has 88 heavy (non-hydrogen) atoms. The van der Waals surface area contributed by atoms with Crippen LogP contribution in [-0.4, -0.2) is 179 Å². The molecule has 0 aliphatic rings. The molecule has 28 heteroatoms. The molecule has 0 bridgehead atoms. The summed E-state index contributed by atoms with van der Waals surface area (Å²) in [5.41, 5.74) is 19.4. The number of aliphatic carboxylic acids is 1. The van der Waals surface area contributed by atoms with E-state index in [1.165, 1.54) is 6.92 Å². The normalized spacial score (nSPS) is 15.1. The van der Waals surface area contributed by atoms with Crippen molar-refractivity contribution in [1.82, 2.24) is 58.2 Å². The zero-order chi connectivity index (χ0) is 65.6. The van der Waals surface area contributed by atoms with Gasteiger partial charge in [0.05, 0.1) is 25.8 Å². The minimum Gasteiger partial charge on any atom is -0.480 e. The number of aliphatic hydroxyl groups is 2. The summed E-state index contributed by atoms with van der Waals surface area (Å²) in [6.07, 6.45) is 3.57. The molecule has 10 amide bonds. The van der Waals surface area contributed by atoms with Crippen LogP contribution in [0.25, 0.3) is 10.9 Å². The molecule has 0 aliphatic heterocycles. The van der Waals surface area contributed by atoms with Gasteiger partial charge < -0.3 is 90.7 Å². The lowest BCUT2D eigenvalue weighted by Crippen LogP contribution is -2.61. The van der Waals surface area contributed by atoms with Crippen molar-refractivity contribution in [3.05, 3.63) is 71.9 Å². The van der Waals surface area contributed by atoms with Gasteiger partial charge in [-0.15, -0.1) is 0 Å². The zero-order valence-electron chi connectivity index (χ0n) is 51.5. The molecule has 3 aromatic rings. The molecule has 0 radical (unpaired) electrons. The largest absolute Gasteiger partial charge is 0.480 e. The number of carbonyl (C=O) groups is 11. The van der Waals surface area contributed by atoms with E-state index in [2.05, 4.69) is 58.2 Å². The van der Waals surface area contributed by atoms with Crippen molar-refractivity contribution in [2.45, 2.75) is 173 Å². The van der Waals surface area contributed by atoms with Crippen molar-refractivity contribution in [3.63, 3.8) is 0 Å². The lowest BCUT2D eigenvalue weighted by Gasteiger charge is -2.29. The van der Waals surface area contributed by atoms with Crippen LogP contribution < -0.4 is 70.4 Å². The van der Waals surface area contributed by atoms with Gasteiger partial charge in [0.2, 0.25) is 59.1 Å². The number of aromatic amines is 1. The lowest BCUT2D eigenvalue weighted by atomic mass is 9.97. The summed E-state index contributed by atoms with van der Waals surface area (Å²) < 4.78 is 0. The van der Waals surface area contributed by atoms with Crippen LogP contribution in [0.2, 0.25) is 0 Å². The number of aliphatic hydroxyl groups excluding tert-OH is 2. The molecule has 0 spiro atoms. The van der Waals surface area contributed by atoms with Gasteiger partial charge in [-0.25, -0.2) is 4.79 Å². The van der Waals surface area contributed by atoms with E-state index in [0.29, 0.717) is 43.2 Å². The predicted molar refractivity (Wildman–Crippen MR) is 328 cm³/mol. The number of nitrogens with two attached hydrogens (primary N) is 3. The van der Waals surface area contributed by atoms with Crippen LogP contribution in [0.5, 0.6) is 0 Å². The molecule has 1 heterocycles. The second kappa shape index (κ2) is 38.3. The Bertz CT molecular complexity index is 2780. The van der Waals surface area contributed by atoms with Gasteiger partial charge in [-0.1, -0.05) is 96.5 Å². The summed E-state index contributed by atoms with van der Waals surface area (Å²) in [4.78, 5) is 153. The molecule has 488 valence electrons. The molecule has 3 rings (SSSR count). The van der Waals surface area contributed by atoms with Crippen molar-refractivity contribution in [2.75, 3.05) is 32.8 Å². The van der Waals surface area contributed by atoms with Crippen LogP contribution in [0.1, 0.15) is 111 Å². The first-order valence-electron chi connectivity index (χ1n) is 30.0. The molecule has 0 saturated heterocycles. The number of benzene rings is 2. The highest BCUT2D eigenvalue weighted by Crippen LogP contribution is 2.20. The summed E-state index contributed by atoms with van der Waals surface area (Å²) in [5, 5.41) is 55.4. The van der Waals surface area contributed by atoms with E-state index in [9.17, 15) is 68.1 Å². The van der Waals surface area contributed by atoms with E-state index in [0.717, 1.165) is 10.9 Å². The summed E-state index contributed by atoms with van der Waals surface area (Å²) in [6.45, 7) is 9.88. The maximum absolute atomic E-state index is 14.6. The predicted octanol–water partition coefficient (Wildman–Crippen LogP) is -2.14. The Kier molecular flexibility index (Phi) is 32.3. The topological polar surface area (TPSA) is 463 Å². The number of carbonyl (C=O) groups excluding carboxylic acids is 10. The van der Waals surface area contributed by atoms with Gasteiger partial charge in [0, 0.05) is 29.9 Å². The Morgan fingerprint density at radius 3 is 1.58 bits per heavy atom. The molecular weight excluding hydrogens is 1140 g/mol. The molecule has 0 fully saturated rings. The van der Waals surface area contributed by atoms with Gasteiger partial charge >= 0.3 is 5.97 Å². The number of hydrogen-bond donors (Lipinski definition) is 17. The minimum atomic E-state index is -1.65. The van der Waals surface area contributed by atoms with Gasteiger partial charge in [0.1, 0.15) is 54.4 Å². The quantitative estimate of drug-likeness (QED) is 0.0270. The number of H-pyrrole nitrogens is 1. The van der Waals surface area contributed by atoms with Gasteiger partial charge in [0.25, 0.3) is 0 Å². The Morgan fingerprint density at radius 2 is 1.02 bits per heavy atom. The molecule has 11 atom stereocenters. The Balaban J connectivity index is 1.89. The molecule has 20 N–H and O–H groups in total. The number of carboxylic acids is 1. The van der Waals surface area contributed by atoms with Crippen LogP contribution in [-0.2, 0) is 65.6 Å². The Labute approximate surface area is 513 Å². The summed E-state index contributed by atoms with van der Waals surface area (Å²) >= 11 is 0. The number of nitrogens with one attached hydrogen (secondary N) is 11. The molecular formula is C60H94N14O14. The van der Waals surface area contributed by atoms with E-state index < -0.39 is 151 Å². The first kappa shape index (κ1) is 74.2. The maximum Gasteiger partial charge on any atom is 0.328 e. The van der Waals surface area contributed by atoms with E-state index in [-0.39, 0.29) is 57.0 Å². The van der Waals surface area contributed by atoms with Crippen LogP contribution in [0, 0.1) is 17.8 Å². The number of aromatic nitrogens is 1. The smallest absolute Gasteiger partial charge is 0.328 e. The SMILES string of the molecule is CC[C@H](C)[C@H](NC(=O)[C@H](CCCCN)NC(=O)[C@H](CCCCN)NC(=O)[C@H](Cc1ccccc1)NC(=O)[C@H](CC(C)C)NC(=O)[C@H](C)NC(=O)[C@H](Cc1c[nH]c2ccccc12)NC(=O)CNC(=O)[C@H](CO)NC(=O)[C@@H](N)C(C)C)C(=O)N[C@@H](CO)C(=O)O. The molecule has 2 aromatic carbocycles. The third-order valence-corrected chi connectivity index (χ3v) is 14.8. The molecule has 1 aromatic heterocycles. The van der Waals surface area contributed by atoms with Crippen LogP contribution in [0.4, 0.5) is 0 Å². The fourth-order valence-corrected chi connectivity index (χ4v) is 9.21. The standard InChI is InChI=1S/C60H94N14O14/c1-8-35(6)50(59(86)73-47(32-76)60(87)88)74-54(81)42(23-15-17-25-62)68-53(80)41(22-14-16-24-61)69-57(84)44(27-37-18-10-9-11-19-37)71-56(83)43(26-33(2)3)70-51(78)36(7)66-55(82)45(28-38-29-64-40-21-13-12-20-39(38)40)67-48(77)30-65-52(79)46(31-75)72-58(85)49(63)34(4)5/h9-13,18-21,29,33-36,41-47,49-50,64,75-76H,8,14-17,22-28,30-32,61-63H2,1-7H3,(H,65,79)(H,66,82)(H,67,77)(H,68,80)(H,69,84)(H,70,78)(H,71,83)(H,72,85)(H,73,86)(H,74,81)(H,87,88)/t35-,36-,41-,42-,43-,44-,45-,46-,47-,49-,50-/m0/s1. The third-order valence-electron chi connectivity index (χ3n) is 14.8. The third kappa shape index (κ3) is 24.6. The molecule has 28 nitrogen and oxygen atoms in total. The van der Waals surface area contributed by atoms with Gasteiger partial charge in [-0.3, -0.25) is 47.9 Å². The summed E-state index contributed by atoms with van der Waals surface area (Å²) in [6, 6.07) is 2.59. The second-order valence-electron chi connectivity index (χ2n) is 22.7. The number of para-hydroxylation sites is 1. The van der Waals surface area contributed by atoms with Crippen molar-refractivity contribution in [2.24, 2.45) is 35.0 Å². The van der Waals surface area contributed by atoms with Crippen LogP contribution in [0.3, 0.4) is 0 Å². The number of carboxylic acid groups (broad SMARTS) is 1. The fourth-order valence-electron chi connectivity index (χ4n) is 9.21. The Morgan fingerprint density at radius 1 is 0.523 bits per heavy atom. The van der Waals surface area contributed by atoms with Crippen LogP contribution >= 0.6 is 0 Å². The number of unbranched alkanes of at least 4 members (excludes halogenated alkanes) is 2. The average molecular weight is 1240 g/mol. The van der Waals surface area contributed by atoms with Gasteiger partial charge in [-0.2, -0.15) is 0 Å². The number of fused-ring (bicyclic) bond motifs is 1. The highest BCUT2D eigenvalue weighted by atomic mass is 16.4. The maximum atomic E-state index is 14.6. The van der Waals surface area contributed by atoms with E-state index >= 15 is 0 Å². The lowest BCUT2D eigenvalue weighted by molar-refractivity contribution is -0.143. The first-order chi connectivity index (χ1) is 41.8. The van der Waals surface area contributed by atoms with Crippen LogP contribution in [0.15, 0.2) is 60.8 Å². The highest BCUT2D eigenvalue weighted by Gasteiger charge is 2.36. The zero-order valence-corrected chi connectivity index (χ0v) is 51.5. The number of hydrogen-bond acceptors (Lipinski definition) is 16. The van der Waals surface area contributed by atoms with Gasteiger partial charge in [-0.05, 0) is 99.9 Å².